The molecule has 1 rings (SSSR count). The number of hydrogen-bond acceptors (Lipinski definition) is 0. The topological polar surface area (TPSA) is 4.93 Å². The van der Waals surface area contributed by atoms with E-state index >= 15 is 0 Å². The van der Waals surface area contributed by atoms with Gasteiger partial charge in [-0.2, -0.15) is 0 Å². The second kappa shape index (κ2) is 7.90. The number of aromatic nitrogens is 1. The fraction of sp³-hybridized carbons (Fsp3) is 0.667. The van der Waals surface area contributed by atoms with Crippen LogP contribution in [0.3, 0.4) is 0 Å². The van der Waals surface area contributed by atoms with Gasteiger partial charge in [-0.3, -0.25) is 0 Å². The molecular weight excluding hydrogens is 158 g/mol. The van der Waals surface area contributed by atoms with Gasteiger partial charge in [-0.25, -0.2) is 0 Å². The average molecular weight is 183 g/mol. The summed E-state index contributed by atoms with van der Waals surface area (Å²) in [7, 11) is 2.09. The highest BCUT2D eigenvalue weighted by molar-refractivity contribution is 5.17. The van der Waals surface area contributed by atoms with Crippen molar-refractivity contribution in [1.29, 1.82) is 0 Å². The molecule has 0 aliphatic rings. The molecule has 0 aliphatic carbocycles. The first-order valence-corrected chi connectivity index (χ1v) is 4.86. The molecule has 0 saturated carbocycles. The van der Waals surface area contributed by atoms with Gasteiger partial charge in [0.15, 0.2) is 0 Å². The monoisotopic (exact) mass is 183 g/mol. The van der Waals surface area contributed by atoms with Gasteiger partial charge >= 0.3 is 0 Å². The zero-order chi connectivity index (χ0) is 9.56. The van der Waals surface area contributed by atoms with Gasteiger partial charge in [0.25, 0.3) is 0 Å². The molecule has 0 aliphatic heterocycles. The number of hydrogen-bond donors (Lipinski definition) is 0. The zero-order valence-corrected chi connectivity index (χ0v) is 9.02. The Morgan fingerprint density at radius 1 is 1.31 bits per heavy atom. The molecule has 0 saturated heterocycles. The first-order valence-electron chi connectivity index (χ1n) is 4.86. The molecule has 0 aromatic carbocycles. The summed E-state index contributed by atoms with van der Waals surface area (Å²) in [4.78, 5) is 0. The Morgan fingerprint density at radius 2 is 1.85 bits per heavy atom. The number of nitrogens with zero attached hydrogens (tertiary/aromatic N) is 1. The highest BCUT2D eigenvalue weighted by Gasteiger charge is 1.95. The van der Waals surface area contributed by atoms with Crippen molar-refractivity contribution < 1.29 is 0 Å². The lowest BCUT2D eigenvalue weighted by atomic mass is 10.2. The second-order valence-corrected chi connectivity index (χ2v) is 2.85. The van der Waals surface area contributed by atoms with Gasteiger partial charge < -0.3 is 4.57 Å². The summed E-state index contributed by atoms with van der Waals surface area (Å²) in [6.07, 6.45) is 4.66. The van der Waals surface area contributed by atoms with E-state index in [-0.39, 0.29) is 7.43 Å². The molecule has 78 valence electrons. The molecule has 1 nitrogen and oxygen atoms in total. The van der Waals surface area contributed by atoms with Crippen molar-refractivity contribution in [2.45, 2.75) is 48.0 Å². The van der Waals surface area contributed by atoms with Crippen LogP contribution >= 0.6 is 0 Å². The van der Waals surface area contributed by atoms with Crippen molar-refractivity contribution in [2.24, 2.45) is 7.05 Å². The molecule has 13 heavy (non-hydrogen) atoms. The van der Waals surface area contributed by atoms with Crippen molar-refractivity contribution in [3.63, 3.8) is 0 Å². The van der Waals surface area contributed by atoms with Crippen LogP contribution in [0, 0.1) is 6.92 Å². The standard InChI is InChI=1S/C9H15N.C2H6.CH4/c1-4-5-9-6-8(2)10(3)7-9;1-2;/h6-7H,4-5H2,1-3H3;1-2H3;1H4. The fourth-order valence-electron chi connectivity index (χ4n) is 1.18. The Kier molecular flexibility index (Phi) is 8.99. The Labute approximate surface area is 83.8 Å². The molecule has 0 amide bonds. The third-order valence-corrected chi connectivity index (χ3v) is 1.85. The van der Waals surface area contributed by atoms with Gasteiger partial charge in [0.05, 0.1) is 0 Å². The molecule has 0 N–H and O–H groups in total. The van der Waals surface area contributed by atoms with Crippen LogP contribution in [-0.4, -0.2) is 4.57 Å². The molecule has 0 unspecified atom stereocenters. The summed E-state index contributed by atoms with van der Waals surface area (Å²) in [5.74, 6) is 0. The smallest absolute Gasteiger partial charge is 0.0143 e. The molecule has 0 spiro atoms. The molecule has 0 atom stereocenters. The summed E-state index contributed by atoms with van der Waals surface area (Å²) in [6, 6.07) is 2.25. The van der Waals surface area contributed by atoms with Crippen molar-refractivity contribution in [2.75, 3.05) is 0 Å². The Bertz CT molecular complexity index is 191. The van der Waals surface area contributed by atoms with E-state index in [1.165, 1.54) is 24.1 Å². The highest BCUT2D eigenvalue weighted by atomic mass is 14.9. The van der Waals surface area contributed by atoms with Crippen LogP contribution in [0.5, 0.6) is 0 Å². The van der Waals surface area contributed by atoms with Gasteiger partial charge in [0.1, 0.15) is 0 Å². The van der Waals surface area contributed by atoms with E-state index in [2.05, 4.69) is 37.7 Å². The lowest BCUT2D eigenvalue weighted by Gasteiger charge is -1.90. The van der Waals surface area contributed by atoms with Gasteiger partial charge in [-0.1, -0.05) is 34.6 Å². The molecule has 0 fully saturated rings. The highest BCUT2D eigenvalue weighted by Crippen LogP contribution is 2.07. The SMILES string of the molecule is C.CC.CCCc1cc(C)n(C)c1. The van der Waals surface area contributed by atoms with Gasteiger partial charge in [0, 0.05) is 18.9 Å². The zero-order valence-electron chi connectivity index (χ0n) is 9.02. The Hall–Kier alpha value is -0.720. The van der Waals surface area contributed by atoms with E-state index in [1.807, 2.05) is 13.8 Å². The van der Waals surface area contributed by atoms with Crippen LogP contribution < -0.4 is 0 Å². The van der Waals surface area contributed by atoms with Gasteiger partial charge in [0.2, 0.25) is 0 Å². The van der Waals surface area contributed by atoms with Crippen molar-refractivity contribution >= 4 is 0 Å². The summed E-state index contributed by atoms with van der Waals surface area (Å²) in [5.41, 5.74) is 2.81. The quantitative estimate of drug-likeness (QED) is 0.654. The number of rotatable bonds is 2. The third kappa shape index (κ3) is 4.76. The lowest BCUT2D eigenvalue weighted by molar-refractivity contribution is 0.867. The normalized spacial score (nSPS) is 8.38. The molecule has 1 heteroatoms. The first kappa shape index (κ1) is 14.8. The molecule has 1 heterocycles. The Morgan fingerprint density at radius 3 is 2.15 bits per heavy atom. The van der Waals surface area contributed by atoms with E-state index in [4.69, 9.17) is 0 Å². The third-order valence-electron chi connectivity index (χ3n) is 1.85. The van der Waals surface area contributed by atoms with Crippen molar-refractivity contribution in [1.82, 2.24) is 4.57 Å². The molecule has 0 bridgehead atoms. The predicted octanol–water partition coefficient (Wildman–Crippen LogP) is 3.95. The van der Waals surface area contributed by atoms with Crippen molar-refractivity contribution in [3.8, 4) is 0 Å². The molecule has 1 aromatic heterocycles. The van der Waals surface area contributed by atoms with E-state index in [0.29, 0.717) is 0 Å². The van der Waals surface area contributed by atoms with E-state index in [9.17, 15) is 0 Å². The summed E-state index contributed by atoms with van der Waals surface area (Å²) in [5, 5.41) is 0. The Balaban J connectivity index is 0. The second-order valence-electron chi connectivity index (χ2n) is 2.85. The minimum atomic E-state index is 0. The average Bonchev–Trinajstić information content (AvgIpc) is 2.36. The van der Waals surface area contributed by atoms with Crippen LogP contribution in [0.25, 0.3) is 0 Å². The fourth-order valence-corrected chi connectivity index (χ4v) is 1.18. The maximum Gasteiger partial charge on any atom is 0.0143 e. The van der Waals surface area contributed by atoms with Crippen LogP contribution in [0.2, 0.25) is 0 Å². The molecule has 1 aromatic rings. The van der Waals surface area contributed by atoms with Crippen molar-refractivity contribution in [3.05, 3.63) is 23.5 Å². The maximum atomic E-state index is 2.25. The van der Waals surface area contributed by atoms with Gasteiger partial charge in [-0.15, -0.1) is 0 Å². The summed E-state index contributed by atoms with van der Waals surface area (Å²) >= 11 is 0. The number of aryl methyl sites for hydroxylation is 3. The minimum Gasteiger partial charge on any atom is -0.354 e. The first-order chi connectivity index (χ1) is 5.74. The molecular formula is C12H25N. The van der Waals surface area contributed by atoms with Crippen LogP contribution in [0.15, 0.2) is 12.3 Å². The molecule has 0 radical (unpaired) electrons. The maximum absolute atomic E-state index is 2.25. The van der Waals surface area contributed by atoms with E-state index in [1.54, 1.807) is 0 Å². The minimum absolute atomic E-state index is 0. The lowest BCUT2D eigenvalue weighted by Crippen LogP contribution is -1.85. The van der Waals surface area contributed by atoms with E-state index in [0.717, 1.165) is 0 Å². The van der Waals surface area contributed by atoms with E-state index < -0.39 is 0 Å². The largest absolute Gasteiger partial charge is 0.354 e. The predicted molar refractivity (Wildman–Crippen MR) is 62.2 cm³/mol. The van der Waals surface area contributed by atoms with Gasteiger partial charge in [-0.05, 0) is 25.0 Å². The summed E-state index contributed by atoms with van der Waals surface area (Å²) < 4.78 is 2.17. The van der Waals surface area contributed by atoms with Crippen LogP contribution in [-0.2, 0) is 13.5 Å². The summed E-state index contributed by atoms with van der Waals surface area (Å²) in [6.45, 7) is 8.35. The van der Waals surface area contributed by atoms with Crippen LogP contribution in [0.4, 0.5) is 0 Å². The van der Waals surface area contributed by atoms with Crippen LogP contribution in [0.1, 0.15) is 45.9 Å².